The molecule has 39 heavy (non-hydrogen) atoms. The molecule has 2 atom stereocenters. The molecule has 0 bridgehead atoms. The van der Waals surface area contributed by atoms with Crippen LogP contribution in [0.5, 0.6) is 0 Å². The monoisotopic (exact) mass is 573 g/mol. The molecule has 2 heterocycles. The number of carbonyl (C=O) groups excluding carboxylic acids is 1. The number of terminal acetylenes is 1. The zero-order chi connectivity index (χ0) is 28.4. The first-order valence-corrected chi connectivity index (χ1v) is 15.5. The Balaban J connectivity index is 1.60. The van der Waals surface area contributed by atoms with E-state index in [0.717, 1.165) is 5.56 Å². The molecule has 0 radical (unpaired) electrons. The minimum Gasteiger partial charge on any atom is -0.382 e. The highest BCUT2D eigenvalue weighted by Gasteiger charge is 2.26. The van der Waals surface area contributed by atoms with Crippen molar-refractivity contribution < 1.29 is 22.6 Å². The van der Waals surface area contributed by atoms with Gasteiger partial charge in [0.05, 0.1) is 25.1 Å². The lowest BCUT2D eigenvalue weighted by molar-refractivity contribution is 0.0956. The molecule has 5 N–H and O–H groups in total. The van der Waals surface area contributed by atoms with Gasteiger partial charge in [-0.05, 0) is 38.0 Å². The molecule has 208 valence electrons. The maximum absolute atomic E-state index is 12.6. The highest BCUT2D eigenvalue weighted by atomic mass is 32.2. The van der Waals surface area contributed by atoms with Gasteiger partial charge >= 0.3 is 7.60 Å². The number of anilines is 2. The zero-order valence-corrected chi connectivity index (χ0v) is 23.5. The van der Waals surface area contributed by atoms with Gasteiger partial charge in [0.15, 0.2) is 17.0 Å². The number of rotatable bonds is 14. The number of nitrogens with zero attached hydrogens (tertiary/aromatic N) is 4. The fraction of sp³-hybridized carbons (Fsp3) is 0.400. The van der Waals surface area contributed by atoms with Gasteiger partial charge in [0, 0.05) is 41.0 Å². The summed E-state index contributed by atoms with van der Waals surface area (Å²) in [5.74, 6) is 2.59. The standard InChI is InChI=1S/C25H32N7O5PS/c1-4-7-19(14-20-15-29-23-21(30-20)22(26)31-25(27)32-23)17-8-10-18(11-9-17)24(33)28-12-13-39(35)16-38(34,36-5-2)37-6-3/h1,8-11,15,19H,5-7,12-14,16H2,2-3H3,(H,28,33)(H4,26,27,29,31,32). The minimum absolute atomic E-state index is 0.0265. The van der Waals surface area contributed by atoms with Crippen molar-refractivity contribution in [1.29, 1.82) is 0 Å². The van der Waals surface area contributed by atoms with E-state index in [0.29, 0.717) is 35.3 Å². The third kappa shape index (κ3) is 8.53. The normalized spacial score (nSPS) is 13.1. The molecule has 1 amide bonds. The number of benzene rings is 1. The second-order valence-corrected chi connectivity index (χ2v) is 12.5. The number of hydrogen-bond donors (Lipinski definition) is 3. The summed E-state index contributed by atoms with van der Waals surface area (Å²) in [5.41, 5.74) is 14.0. The zero-order valence-electron chi connectivity index (χ0n) is 21.8. The van der Waals surface area contributed by atoms with E-state index < -0.39 is 18.4 Å². The molecule has 12 nitrogen and oxygen atoms in total. The van der Waals surface area contributed by atoms with Crippen LogP contribution in [0.1, 0.15) is 47.8 Å². The van der Waals surface area contributed by atoms with Crippen LogP contribution in [0.25, 0.3) is 11.2 Å². The van der Waals surface area contributed by atoms with Crippen molar-refractivity contribution in [3.8, 4) is 12.3 Å². The lowest BCUT2D eigenvalue weighted by Crippen LogP contribution is -2.28. The van der Waals surface area contributed by atoms with E-state index in [2.05, 4.69) is 31.2 Å². The van der Waals surface area contributed by atoms with Crippen molar-refractivity contribution in [3.05, 3.63) is 47.3 Å². The Morgan fingerprint density at radius 3 is 2.49 bits per heavy atom. The number of carbonyl (C=O) groups is 1. The molecular weight excluding hydrogens is 541 g/mol. The van der Waals surface area contributed by atoms with Gasteiger partial charge in [-0.2, -0.15) is 9.97 Å². The lowest BCUT2D eigenvalue weighted by Gasteiger charge is -2.16. The van der Waals surface area contributed by atoms with Crippen molar-refractivity contribution in [2.75, 3.05) is 42.5 Å². The first-order valence-electron chi connectivity index (χ1n) is 12.3. The summed E-state index contributed by atoms with van der Waals surface area (Å²) in [4.78, 5) is 29.4. The molecule has 3 aromatic rings. The molecule has 0 spiro atoms. The van der Waals surface area contributed by atoms with E-state index >= 15 is 0 Å². The molecule has 0 fully saturated rings. The Morgan fingerprint density at radius 2 is 1.85 bits per heavy atom. The van der Waals surface area contributed by atoms with Gasteiger partial charge in [-0.3, -0.25) is 13.6 Å². The van der Waals surface area contributed by atoms with E-state index in [4.69, 9.17) is 26.9 Å². The summed E-state index contributed by atoms with van der Waals surface area (Å²) in [6.45, 7) is 3.91. The second kappa shape index (κ2) is 14.1. The smallest absolute Gasteiger partial charge is 0.343 e. The molecular formula is C25H32N7O5PS. The van der Waals surface area contributed by atoms with Crippen LogP contribution in [0, 0.1) is 12.3 Å². The molecule has 1 aromatic carbocycles. The van der Waals surface area contributed by atoms with Crippen molar-refractivity contribution in [2.45, 2.75) is 32.6 Å². The number of amides is 1. The van der Waals surface area contributed by atoms with Gasteiger partial charge < -0.3 is 25.8 Å². The quantitative estimate of drug-likeness (QED) is 0.190. The van der Waals surface area contributed by atoms with Crippen molar-refractivity contribution in [3.63, 3.8) is 0 Å². The number of nitrogens with one attached hydrogen (secondary N) is 1. The molecule has 2 aromatic heterocycles. The maximum atomic E-state index is 12.6. The minimum atomic E-state index is -3.41. The summed E-state index contributed by atoms with van der Waals surface area (Å²) < 4.78 is 35.2. The van der Waals surface area contributed by atoms with Gasteiger partial charge in [-0.15, -0.1) is 12.3 Å². The molecule has 0 aliphatic heterocycles. The van der Waals surface area contributed by atoms with Crippen LogP contribution in [0.2, 0.25) is 0 Å². The first kappa shape index (κ1) is 30.1. The van der Waals surface area contributed by atoms with Crippen LogP contribution >= 0.6 is 7.60 Å². The van der Waals surface area contributed by atoms with Crippen molar-refractivity contribution >= 4 is 47.2 Å². The van der Waals surface area contributed by atoms with E-state index in [9.17, 15) is 13.6 Å². The predicted octanol–water partition coefficient (Wildman–Crippen LogP) is 2.64. The van der Waals surface area contributed by atoms with Gasteiger partial charge in [-0.1, -0.05) is 12.1 Å². The number of aromatic nitrogens is 4. The Hall–Kier alpha value is -3.43. The van der Waals surface area contributed by atoms with Gasteiger partial charge in [0.2, 0.25) is 5.95 Å². The highest BCUT2D eigenvalue weighted by molar-refractivity contribution is 7.92. The molecule has 0 saturated heterocycles. The Morgan fingerprint density at radius 1 is 1.15 bits per heavy atom. The van der Waals surface area contributed by atoms with Gasteiger partial charge in [0.25, 0.3) is 5.91 Å². The molecule has 14 heteroatoms. The second-order valence-electron chi connectivity index (χ2n) is 8.41. The summed E-state index contributed by atoms with van der Waals surface area (Å²) >= 11 is 0. The van der Waals surface area contributed by atoms with Crippen molar-refractivity contribution in [1.82, 2.24) is 25.3 Å². The third-order valence-electron chi connectivity index (χ3n) is 5.53. The van der Waals surface area contributed by atoms with Gasteiger partial charge in [0.1, 0.15) is 5.49 Å². The molecule has 0 aliphatic rings. The van der Waals surface area contributed by atoms with Crippen LogP contribution in [0.15, 0.2) is 30.5 Å². The van der Waals surface area contributed by atoms with Gasteiger partial charge in [-0.25, -0.2) is 9.97 Å². The fourth-order valence-corrected chi connectivity index (χ4v) is 7.53. The Bertz CT molecular complexity index is 1400. The van der Waals surface area contributed by atoms with E-state index in [1.807, 2.05) is 12.1 Å². The summed E-state index contributed by atoms with van der Waals surface area (Å²) in [5, 5.41) is 2.73. The van der Waals surface area contributed by atoms with Crippen LogP contribution < -0.4 is 16.8 Å². The van der Waals surface area contributed by atoms with Crippen LogP contribution in [0.4, 0.5) is 11.8 Å². The summed E-state index contributed by atoms with van der Waals surface area (Å²) in [7, 11) is -4.90. The summed E-state index contributed by atoms with van der Waals surface area (Å²) in [6.07, 6.45) is 8.15. The van der Waals surface area contributed by atoms with Crippen LogP contribution in [-0.4, -0.2) is 61.1 Å². The number of nitrogen functional groups attached to an aromatic ring is 2. The lowest BCUT2D eigenvalue weighted by atomic mass is 9.91. The SMILES string of the molecule is C#CCC(Cc1cnc2nc(N)nc(N)c2n1)c1ccc(C(=O)NCCS(=O)CP(=O)(OCC)OCC)cc1. The third-order valence-corrected chi connectivity index (χ3v) is 9.91. The fourth-order valence-electron chi connectivity index (χ4n) is 3.82. The maximum Gasteiger partial charge on any atom is 0.343 e. The largest absolute Gasteiger partial charge is 0.382 e. The van der Waals surface area contributed by atoms with E-state index in [-0.39, 0.29) is 54.6 Å². The van der Waals surface area contributed by atoms with Crippen LogP contribution in [-0.2, 0) is 30.8 Å². The van der Waals surface area contributed by atoms with Crippen LogP contribution in [0.3, 0.4) is 0 Å². The Kier molecular flexibility index (Phi) is 10.9. The number of fused-ring (bicyclic) bond motifs is 1. The average molecular weight is 574 g/mol. The number of nitrogens with two attached hydrogens (primary N) is 2. The first-order chi connectivity index (χ1) is 18.7. The molecule has 0 saturated carbocycles. The molecule has 3 rings (SSSR count). The molecule has 0 aliphatic carbocycles. The van der Waals surface area contributed by atoms with E-state index in [1.165, 1.54) is 0 Å². The highest BCUT2D eigenvalue weighted by Crippen LogP contribution is 2.48. The van der Waals surface area contributed by atoms with E-state index in [1.54, 1.807) is 32.2 Å². The average Bonchev–Trinajstić information content (AvgIpc) is 2.89. The Labute approximate surface area is 229 Å². The summed E-state index contributed by atoms with van der Waals surface area (Å²) in [6, 6.07) is 7.07. The molecule has 2 unspecified atom stereocenters. The topological polar surface area (TPSA) is 185 Å². The number of hydrogen-bond acceptors (Lipinski definition) is 11. The predicted molar refractivity (Wildman–Crippen MR) is 151 cm³/mol. The van der Waals surface area contributed by atoms with Crippen molar-refractivity contribution in [2.24, 2.45) is 0 Å².